The fourth-order valence-corrected chi connectivity index (χ4v) is 2.69. The molecule has 1 unspecified atom stereocenters. The third-order valence-electron chi connectivity index (χ3n) is 3.36. The first-order valence-electron chi connectivity index (χ1n) is 6.24. The number of hydrogen-bond acceptors (Lipinski definition) is 1. The van der Waals surface area contributed by atoms with E-state index in [1.165, 1.54) is 11.1 Å². The Bertz CT molecular complexity index is 593. The molecule has 0 aliphatic rings. The van der Waals surface area contributed by atoms with Crippen molar-refractivity contribution in [2.75, 3.05) is 0 Å². The van der Waals surface area contributed by atoms with Crippen molar-refractivity contribution < 1.29 is 0 Å². The van der Waals surface area contributed by atoms with E-state index in [4.69, 9.17) is 28.9 Å². The van der Waals surface area contributed by atoms with Gasteiger partial charge in [-0.05, 0) is 60.7 Å². The minimum Gasteiger partial charge on any atom is -0.324 e. The summed E-state index contributed by atoms with van der Waals surface area (Å²) in [5.74, 6) is 0. The van der Waals surface area contributed by atoms with Crippen LogP contribution in [0.25, 0.3) is 0 Å². The maximum Gasteiger partial charge on any atom is 0.0456 e. The maximum atomic E-state index is 6.29. The summed E-state index contributed by atoms with van der Waals surface area (Å²) in [7, 11) is 0. The van der Waals surface area contributed by atoms with Crippen LogP contribution in [0, 0.1) is 13.8 Å². The van der Waals surface area contributed by atoms with Crippen molar-refractivity contribution in [2.24, 2.45) is 5.73 Å². The molecule has 1 nitrogen and oxygen atoms in total. The number of nitrogens with two attached hydrogens (primary N) is 1. The zero-order valence-electron chi connectivity index (χ0n) is 11.1. The van der Waals surface area contributed by atoms with Crippen LogP contribution in [0.2, 0.25) is 10.0 Å². The van der Waals surface area contributed by atoms with Crippen molar-refractivity contribution in [1.82, 2.24) is 0 Å². The Morgan fingerprint density at radius 3 is 2.42 bits per heavy atom. The summed E-state index contributed by atoms with van der Waals surface area (Å²) >= 11 is 12.3. The molecule has 0 bridgehead atoms. The summed E-state index contributed by atoms with van der Waals surface area (Å²) in [6.07, 6.45) is 0.725. The number of hydrogen-bond donors (Lipinski definition) is 1. The zero-order valence-corrected chi connectivity index (χ0v) is 12.6. The highest BCUT2D eigenvalue weighted by Crippen LogP contribution is 2.27. The van der Waals surface area contributed by atoms with Gasteiger partial charge in [-0.1, -0.05) is 41.4 Å². The van der Waals surface area contributed by atoms with Crippen LogP contribution in [0.3, 0.4) is 0 Å². The summed E-state index contributed by atoms with van der Waals surface area (Å²) in [6, 6.07) is 11.7. The molecule has 0 aliphatic carbocycles. The highest BCUT2D eigenvalue weighted by Gasteiger charge is 2.12. The van der Waals surface area contributed by atoms with Crippen LogP contribution in [0.4, 0.5) is 0 Å². The highest BCUT2D eigenvalue weighted by molar-refractivity contribution is 6.31. The van der Waals surface area contributed by atoms with E-state index < -0.39 is 0 Å². The van der Waals surface area contributed by atoms with E-state index in [0.29, 0.717) is 0 Å². The maximum absolute atomic E-state index is 6.29. The molecule has 0 amide bonds. The van der Waals surface area contributed by atoms with E-state index in [2.05, 4.69) is 13.0 Å². The molecule has 0 radical (unpaired) electrons. The van der Waals surface area contributed by atoms with Crippen LogP contribution >= 0.6 is 23.2 Å². The van der Waals surface area contributed by atoms with E-state index in [-0.39, 0.29) is 6.04 Å². The van der Waals surface area contributed by atoms with Crippen LogP contribution in [-0.4, -0.2) is 0 Å². The third kappa shape index (κ3) is 3.50. The Labute approximate surface area is 124 Å². The Morgan fingerprint density at radius 2 is 1.74 bits per heavy atom. The molecule has 2 aromatic carbocycles. The predicted octanol–water partition coefficient (Wildman–Crippen LogP) is 4.85. The van der Waals surface area contributed by atoms with Gasteiger partial charge < -0.3 is 5.73 Å². The molecule has 0 aliphatic heterocycles. The molecule has 100 valence electrons. The fraction of sp³-hybridized carbons (Fsp3) is 0.250. The van der Waals surface area contributed by atoms with E-state index in [1.807, 2.05) is 37.3 Å². The van der Waals surface area contributed by atoms with E-state index >= 15 is 0 Å². The van der Waals surface area contributed by atoms with Gasteiger partial charge in [-0.3, -0.25) is 0 Å². The van der Waals surface area contributed by atoms with Gasteiger partial charge in [-0.2, -0.15) is 0 Å². The first kappa shape index (κ1) is 14.4. The van der Waals surface area contributed by atoms with Gasteiger partial charge in [0.05, 0.1) is 0 Å². The van der Waals surface area contributed by atoms with Crippen molar-refractivity contribution >= 4 is 23.2 Å². The standard InChI is InChI=1S/C16H17Cl2N/c1-10-6-14(15(18)7-11(10)2)16(19)9-12-4-3-5-13(17)8-12/h3-8,16H,9,19H2,1-2H3. The molecule has 0 spiro atoms. The Morgan fingerprint density at radius 1 is 1.05 bits per heavy atom. The molecule has 2 N–H and O–H groups in total. The van der Waals surface area contributed by atoms with Gasteiger partial charge in [0.2, 0.25) is 0 Å². The summed E-state index contributed by atoms with van der Waals surface area (Å²) in [4.78, 5) is 0. The quantitative estimate of drug-likeness (QED) is 0.860. The van der Waals surface area contributed by atoms with Gasteiger partial charge >= 0.3 is 0 Å². The Hall–Kier alpha value is -1.02. The normalized spacial score (nSPS) is 12.5. The third-order valence-corrected chi connectivity index (χ3v) is 3.92. The van der Waals surface area contributed by atoms with Crippen LogP contribution in [0.15, 0.2) is 36.4 Å². The van der Waals surface area contributed by atoms with Crippen molar-refractivity contribution in [3.63, 3.8) is 0 Å². The minimum absolute atomic E-state index is 0.120. The van der Waals surface area contributed by atoms with Gasteiger partial charge in [0, 0.05) is 16.1 Å². The second-order valence-corrected chi connectivity index (χ2v) is 5.74. The lowest BCUT2D eigenvalue weighted by Gasteiger charge is -2.16. The summed E-state index contributed by atoms with van der Waals surface area (Å²) in [6.45, 7) is 4.12. The van der Waals surface area contributed by atoms with Crippen LogP contribution < -0.4 is 5.73 Å². The molecule has 0 saturated heterocycles. The first-order valence-corrected chi connectivity index (χ1v) is 6.99. The SMILES string of the molecule is Cc1cc(Cl)c(C(N)Cc2cccc(Cl)c2)cc1C. The second-order valence-electron chi connectivity index (χ2n) is 4.90. The monoisotopic (exact) mass is 293 g/mol. The van der Waals surface area contributed by atoms with Crippen molar-refractivity contribution in [3.8, 4) is 0 Å². The lowest BCUT2D eigenvalue weighted by atomic mass is 9.96. The summed E-state index contributed by atoms with van der Waals surface area (Å²) in [5.41, 5.74) is 10.8. The number of rotatable bonds is 3. The Kier molecular flexibility index (Phi) is 4.51. The van der Waals surface area contributed by atoms with E-state index in [9.17, 15) is 0 Å². The molecule has 19 heavy (non-hydrogen) atoms. The molecular formula is C16H17Cl2N. The summed E-state index contributed by atoms with van der Waals surface area (Å²) < 4.78 is 0. The van der Waals surface area contributed by atoms with Gasteiger partial charge in [0.25, 0.3) is 0 Å². The Balaban J connectivity index is 2.25. The topological polar surface area (TPSA) is 26.0 Å². The van der Waals surface area contributed by atoms with Gasteiger partial charge in [-0.25, -0.2) is 0 Å². The second kappa shape index (κ2) is 5.96. The predicted molar refractivity (Wildman–Crippen MR) is 83.0 cm³/mol. The van der Waals surface area contributed by atoms with Crippen LogP contribution in [0.5, 0.6) is 0 Å². The van der Waals surface area contributed by atoms with Gasteiger partial charge in [0.1, 0.15) is 0 Å². The molecule has 0 saturated carbocycles. The smallest absolute Gasteiger partial charge is 0.0456 e. The van der Waals surface area contributed by atoms with E-state index in [1.54, 1.807) is 0 Å². The first-order chi connectivity index (χ1) is 8.97. The molecule has 2 aromatic rings. The molecule has 0 fully saturated rings. The average Bonchev–Trinajstić information content (AvgIpc) is 2.33. The lowest BCUT2D eigenvalue weighted by molar-refractivity contribution is 0.721. The molecule has 0 aromatic heterocycles. The fourth-order valence-electron chi connectivity index (χ4n) is 2.12. The number of aryl methyl sites for hydroxylation is 2. The molecule has 0 heterocycles. The largest absolute Gasteiger partial charge is 0.324 e. The molecule has 1 atom stereocenters. The van der Waals surface area contributed by atoms with Crippen LogP contribution in [-0.2, 0) is 6.42 Å². The number of halogens is 2. The van der Waals surface area contributed by atoms with Crippen molar-refractivity contribution in [2.45, 2.75) is 26.3 Å². The van der Waals surface area contributed by atoms with Crippen molar-refractivity contribution in [1.29, 1.82) is 0 Å². The van der Waals surface area contributed by atoms with Gasteiger partial charge in [0.15, 0.2) is 0 Å². The molecule has 3 heteroatoms. The minimum atomic E-state index is -0.120. The van der Waals surface area contributed by atoms with E-state index in [0.717, 1.165) is 27.6 Å². The molecule has 2 rings (SSSR count). The number of benzene rings is 2. The average molecular weight is 294 g/mol. The van der Waals surface area contributed by atoms with Crippen molar-refractivity contribution in [3.05, 3.63) is 68.7 Å². The molecular weight excluding hydrogens is 277 g/mol. The zero-order chi connectivity index (χ0) is 14.0. The van der Waals surface area contributed by atoms with Crippen LogP contribution in [0.1, 0.15) is 28.3 Å². The lowest BCUT2D eigenvalue weighted by Crippen LogP contribution is -2.14. The summed E-state index contributed by atoms with van der Waals surface area (Å²) in [5, 5.41) is 1.47. The highest BCUT2D eigenvalue weighted by atomic mass is 35.5. The van der Waals surface area contributed by atoms with Gasteiger partial charge in [-0.15, -0.1) is 0 Å².